The van der Waals surface area contributed by atoms with E-state index in [1.54, 1.807) is 6.07 Å². The van der Waals surface area contributed by atoms with Crippen molar-refractivity contribution < 1.29 is 8.78 Å². The Morgan fingerprint density at radius 3 is 2.75 bits per heavy atom. The molecule has 2 rings (SSSR count). The summed E-state index contributed by atoms with van der Waals surface area (Å²) in [7, 11) is 0. The molecule has 16 heavy (non-hydrogen) atoms. The number of fused-ring (bicyclic) bond motifs is 1. The van der Waals surface area contributed by atoms with Gasteiger partial charge in [-0.1, -0.05) is 0 Å². The Bertz CT molecular complexity index is 391. The Morgan fingerprint density at radius 1 is 1.31 bits per heavy atom. The van der Waals surface area contributed by atoms with Crippen molar-refractivity contribution >= 4 is 11.4 Å². The van der Waals surface area contributed by atoms with Crippen molar-refractivity contribution in [1.82, 2.24) is 0 Å². The summed E-state index contributed by atoms with van der Waals surface area (Å²) in [6, 6.07) is 2.94. The van der Waals surface area contributed by atoms with E-state index in [0.29, 0.717) is 11.4 Å². The van der Waals surface area contributed by atoms with Crippen LogP contribution >= 0.6 is 0 Å². The molecule has 4 heteroatoms. The van der Waals surface area contributed by atoms with Crippen LogP contribution in [-0.2, 0) is 0 Å². The number of nitrogens with one attached hydrogen (secondary N) is 1. The third-order valence-electron chi connectivity index (χ3n) is 2.87. The number of benzene rings is 1. The zero-order chi connectivity index (χ0) is 11.7. The molecule has 0 saturated heterocycles. The number of hydrogen-bond acceptors (Lipinski definition) is 2. The van der Waals surface area contributed by atoms with E-state index in [9.17, 15) is 8.78 Å². The molecular formula is C12H16F2N2. The van der Waals surface area contributed by atoms with Gasteiger partial charge >= 0.3 is 0 Å². The first-order valence-electron chi connectivity index (χ1n) is 5.59. The normalized spacial score (nSPS) is 15.7. The molecule has 0 aliphatic carbocycles. The van der Waals surface area contributed by atoms with Gasteiger partial charge in [-0.3, -0.25) is 0 Å². The van der Waals surface area contributed by atoms with Gasteiger partial charge in [0.15, 0.2) is 11.6 Å². The van der Waals surface area contributed by atoms with Crippen LogP contribution in [0.15, 0.2) is 12.1 Å². The number of anilines is 2. The number of rotatable bonds is 1. The van der Waals surface area contributed by atoms with Crippen molar-refractivity contribution in [2.45, 2.75) is 26.3 Å². The van der Waals surface area contributed by atoms with E-state index in [2.05, 4.69) is 5.32 Å². The average molecular weight is 226 g/mol. The van der Waals surface area contributed by atoms with Crippen molar-refractivity contribution in [1.29, 1.82) is 0 Å². The molecule has 0 fully saturated rings. The fraction of sp³-hybridized carbons (Fsp3) is 0.500. The summed E-state index contributed by atoms with van der Waals surface area (Å²) < 4.78 is 27.1. The maximum atomic E-state index is 13.8. The number of halogens is 2. The highest BCUT2D eigenvalue weighted by atomic mass is 19.2. The highest BCUT2D eigenvalue weighted by Gasteiger charge is 2.23. The quantitative estimate of drug-likeness (QED) is 0.792. The van der Waals surface area contributed by atoms with Gasteiger partial charge in [-0.25, -0.2) is 8.78 Å². The van der Waals surface area contributed by atoms with Gasteiger partial charge in [0.2, 0.25) is 0 Å². The Hall–Kier alpha value is -1.32. The second-order valence-corrected chi connectivity index (χ2v) is 4.33. The van der Waals surface area contributed by atoms with Gasteiger partial charge in [0, 0.05) is 19.1 Å². The van der Waals surface area contributed by atoms with Crippen molar-refractivity contribution in [3.63, 3.8) is 0 Å². The lowest BCUT2D eigenvalue weighted by Gasteiger charge is -2.28. The summed E-state index contributed by atoms with van der Waals surface area (Å²) in [4.78, 5) is 1.91. The zero-order valence-corrected chi connectivity index (χ0v) is 9.56. The Labute approximate surface area is 94.3 Å². The predicted molar refractivity (Wildman–Crippen MR) is 61.9 cm³/mol. The largest absolute Gasteiger partial charge is 0.383 e. The third-order valence-corrected chi connectivity index (χ3v) is 2.87. The maximum Gasteiger partial charge on any atom is 0.184 e. The van der Waals surface area contributed by atoms with Gasteiger partial charge in [0.1, 0.15) is 0 Å². The highest BCUT2D eigenvalue weighted by Crippen LogP contribution is 2.33. The van der Waals surface area contributed by atoms with E-state index in [4.69, 9.17) is 0 Å². The second-order valence-electron chi connectivity index (χ2n) is 4.33. The van der Waals surface area contributed by atoms with Crippen LogP contribution in [0.3, 0.4) is 0 Å². The number of hydrogen-bond donors (Lipinski definition) is 1. The minimum absolute atomic E-state index is 0.162. The first kappa shape index (κ1) is 11.2. The van der Waals surface area contributed by atoms with Crippen LogP contribution in [0.2, 0.25) is 0 Å². The van der Waals surface area contributed by atoms with Gasteiger partial charge in [0.25, 0.3) is 0 Å². The van der Waals surface area contributed by atoms with E-state index in [1.165, 1.54) is 6.07 Å². The monoisotopic (exact) mass is 226 g/mol. The maximum absolute atomic E-state index is 13.8. The van der Waals surface area contributed by atoms with E-state index in [0.717, 1.165) is 19.5 Å². The highest BCUT2D eigenvalue weighted by molar-refractivity contribution is 5.72. The second kappa shape index (κ2) is 4.28. The van der Waals surface area contributed by atoms with Crippen LogP contribution in [0.1, 0.15) is 20.3 Å². The number of nitrogens with zero attached hydrogens (tertiary/aromatic N) is 1. The van der Waals surface area contributed by atoms with Crippen LogP contribution in [0.5, 0.6) is 0 Å². The standard InChI is InChI=1S/C12H16F2N2/c1-8(2)16-7-3-6-15-10-5-4-9(13)11(14)12(10)16/h4-5,8,15H,3,6-7H2,1-2H3. The molecule has 1 N–H and O–H groups in total. The van der Waals surface area contributed by atoms with Crippen LogP contribution in [0.25, 0.3) is 0 Å². The molecule has 2 nitrogen and oxygen atoms in total. The molecule has 0 spiro atoms. The van der Waals surface area contributed by atoms with Gasteiger partial charge in [-0.15, -0.1) is 0 Å². The van der Waals surface area contributed by atoms with Crippen LogP contribution in [-0.4, -0.2) is 19.1 Å². The molecule has 0 amide bonds. The van der Waals surface area contributed by atoms with Crippen molar-refractivity contribution in [3.8, 4) is 0 Å². The molecule has 0 saturated carbocycles. The van der Waals surface area contributed by atoms with E-state index in [1.807, 2.05) is 18.7 Å². The van der Waals surface area contributed by atoms with Crippen molar-refractivity contribution in [3.05, 3.63) is 23.8 Å². The van der Waals surface area contributed by atoms with E-state index >= 15 is 0 Å². The molecule has 0 unspecified atom stereocenters. The summed E-state index contributed by atoms with van der Waals surface area (Å²) in [5.41, 5.74) is 1.05. The molecular weight excluding hydrogens is 210 g/mol. The summed E-state index contributed by atoms with van der Waals surface area (Å²) in [6.45, 7) is 5.51. The molecule has 1 aromatic carbocycles. The minimum atomic E-state index is -0.784. The van der Waals surface area contributed by atoms with E-state index in [-0.39, 0.29) is 6.04 Å². The molecule has 0 radical (unpaired) electrons. The lowest BCUT2D eigenvalue weighted by atomic mass is 10.2. The molecule has 88 valence electrons. The van der Waals surface area contributed by atoms with Gasteiger partial charge in [-0.05, 0) is 32.4 Å². The molecule has 0 bridgehead atoms. The molecule has 1 aliphatic heterocycles. The van der Waals surface area contributed by atoms with Crippen LogP contribution in [0, 0.1) is 11.6 Å². The Kier molecular flexibility index (Phi) is 2.99. The molecule has 1 aliphatic rings. The van der Waals surface area contributed by atoms with Crippen LogP contribution in [0.4, 0.5) is 20.2 Å². The third kappa shape index (κ3) is 1.84. The van der Waals surface area contributed by atoms with Crippen LogP contribution < -0.4 is 10.2 Å². The van der Waals surface area contributed by atoms with Gasteiger partial charge in [0.05, 0.1) is 11.4 Å². The first-order valence-corrected chi connectivity index (χ1v) is 5.59. The lowest BCUT2D eigenvalue weighted by molar-refractivity contribution is 0.503. The lowest BCUT2D eigenvalue weighted by Crippen LogP contribution is -2.32. The summed E-state index contributed by atoms with van der Waals surface area (Å²) >= 11 is 0. The molecule has 0 aromatic heterocycles. The Morgan fingerprint density at radius 2 is 2.06 bits per heavy atom. The SMILES string of the molecule is CC(C)N1CCCNc2ccc(F)c(F)c21. The van der Waals surface area contributed by atoms with Gasteiger partial charge in [-0.2, -0.15) is 0 Å². The average Bonchev–Trinajstić information content (AvgIpc) is 2.46. The molecule has 0 atom stereocenters. The molecule has 1 aromatic rings. The topological polar surface area (TPSA) is 15.3 Å². The minimum Gasteiger partial charge on any atom is -0.383 e. The molecule has 1 heterocycles. The summed E-state index contributed by atoms with van der Waals surface area (Å²) in [5, 5.41) is 3.13. The van der Waals surface area contributed by atoms with E-state index < -0.39 is 11.6 Å². The fourth-order valence-corrected chi connectivity index (χ4v) is 2.06. The van der Waals surface area contributed by atoms with Crippen molar-refractivity contribution in [2.24, 2.45) is 0 Å². The fourth-order valence-electron chi connectivity index (χ4n) is 2.06. The summed E-state index contributed by atoms with van der Waals surface area (Å²) in [6.07, 6.45) is 0.925. The summed E-state index contributed by atoms with van der Waals surface area (Å²) in [5.74, 6) is -1.53. The van der Waals surface area contributed by atoms with Crippen molar-refractivity contribution in [2.75, 3.05) is 23.3 Å². The smallest absolute Gasteiger partial charge is 0.184 e. The first-order chi connectivity index (χ1) is 7.61. The Balaban J connectivity index is 2.53. The zero-order valence-electron chi connectivity index (χ0n) is 9.56. The predicted octanol–water partition coefficient (Wildman–Crippen LogP) is 3.00. The van der Waals surface area contributed by atoms with Gasteiger partial charge < -0.3 is 10.2 Å².